The Hall–Kier alpha value is -1.78. The zero-order valence-electron chi connectivity index (χ0n) is 10.7. The number of nitrogen functional groups attached to an aromatic ring is 1. The number of pyridine rings is 1. The van der Waals surface area contributed by atoms with Crippen LogP contribution in [0.15, 0.2) is 36.5 Å². The van der Waals surface area contributed by atoms with Crippen LogP contribution in [0.5, 0.6) is 0 Å². The molecule has 0 saturated heterocycles. The minimum Gasteiger partial charge on any atom is -0.384 e. The Bertz CT molecular complexity index is 629. The second-order valence-corrected chi connectivity index (χ2v) is 5.18. The number of anilines is 1. The molecular formula is C14H13Cl2N3O. The number of rotatable bonds is 3. The van der Waals surface area contributed by atoms with Crippen LogP contribution in [0.3, 0.4) is 0 Å². The third-order valence-electron chi connectivity index (χ3n) is 2.84. The standard InChI is InChI=1S/C14H13Cl2N3O/c1-8(9-2-4-10(15)5-3-9)19-14(20)11-6-13(17)18-7-12(11)16/h2-8H,1H3,(H2,17,18)(H,19,20). The molecule has 2 rings (SSSR count). The molecular weight excluding hydrogens is 297 g/mol. The number of carbonyl (C=O) groups excluding carboxylic acids is 1. The molecule has 1 heterocycles. The molecule has 20 heavy (non-hydrogen) atoms. The van der Waals surface area contributed by atoms with Crippen molar-refractivity contribution in [2.24, 2.45) is 0 Å². The second kappa shape index (κ2) is 6.11. The molecule has 0 fully saturated rings. The number of nitrogens with one attached hydrogen (secondary N) is 1. The summed E-state index contributed by atoms with van der Waals surface area (Å²) >= 11 is 11.8. The van der Waals surface area contributed by atoms with E-state index in [1.165, 1.54) is 12.3 Å². The van der Waals surface area contributed by atoms with Crippen molar-refractivity contribution in [3.8, 4) is 0 Å². The molecule has 2 aromatic rings. The largest absolute Gasteiger partial charge is 0.384 e. The predicted octanol–water partition coefficient (Wildman–Crippen LogP) is 3.46. The normalized spacial score (nSPS) is 11.9. The summed E-state index contributed by atoms with van der Waals surface area (Å²) in [5.74, 6) is -0.0507. The number of amides is 1. The topological polar surface area (TPSA) is 68.0 Å². The van der Waals surface area contributed by atoms with Crippen LogP contribution in [0.25, 0.3) is 0 Å². The van der Waals surface area contributed by atoms with Gasteiger partial charge in [-0.15, -0.1) is 0 Å². The third kappa shape index (κ3) is 3.40. The van der Waals surface area contributed by atoms with Gasteiger partial charge in [-0.3, -0.25) is 4.79 Å². The van der Waals surface area contributed by atoms with Crippen LogP contribution in [-0.4, -0.2) is 10.9 Å². The highest BCUT2D eigenvalue weighted by atomic mass is 35.5. The van der Waals surface area contributed by atoms with E-state index < -0.39 is 0 Å². The summed E-state index contributed by atoms with van der Waals surface area (Å²) in [4.78, 5) is 16.0. The summed E-state index contributed by atoms with van der Waals surface area (Å²) in [6.45, 7) is 1.87. The molecule has 4 nitrogen and oxygen atoms in total. The maximum atomic E-state index is 12.2. The molecule has 1 atom stereocenters. The lowest BCUT2D eigenvalue weighted by Gasteiger charge is -2.15. The van der Waals surface area contributed by atoms with Gasteiger partial charge in [0.05, 0.1) is 16.6 Å². The van der Waals surface area contributed by atoms with Crippen LogP contribution in [0.1, 0.15) is 28.9 Å². The van der Waals surface area contributed by atoms with Crippen LogP contribution in [0.4, 0.5) is 5.82 Å². The molecule has 0 bridgehead atoms. The summed E-state index contributed by atoms with van der Waals surface area (Å²) in [6, 6.07) is 8.54. The number of halogens is 2. The lowest BCUT2D eigenvalue weighted by Crippen LogP contribution is -2.27. The average Bonchev–Trinajstić information content (AvgIpc) is 2.42. The summed E-state index contributed by atoms with van der Waals surface area (Å²) in [5.41, 5.74) is 6.81. The second-order valence-electron chi connectivity index (χ2n) is 4.34. The quantitative estimate of drug-likeness (QED) is 0.912. The van der Waals surface area contributed by atoms with Crippen LogP contribution in [-0.2, 0) is 0 Å². The molecule has 0 aliphatic carbocycles. The van der Waals surface area contributed by atoms with Gasteiger partial charge in [-0.2, -0.15) is 0 Å². The van der Waals surface area contributed by atoms with Crippen molar-refractivity contribution in [3.63, 3.8) is 0 Å². The van der Waals surface area contributed by atoms with Gasteiger partial charge in [-0.1, -0.05) is 35.3 Å². The van der Waals surface area contributed by atoms with Gasteiger partial charge >= 0.3 is 0 Å². The first-order valence-electron chi connectivity index (χ1n) is 5.94. The maximum absolute atomic E-state index is 12.2. The Balaban J connectivity index is 2.15. The highest BCUT2D eigenvalue weighted by Gasteiger charge is 2.15. The number of hydrogen-bond donors (Lipinski definition) is 2. The van der Waals surface area contributed by atoms with Crippen LogP contribution >= 0.6 is 23.2 Å². The highest BCUT2D eigenvalue weighted by molar-refractivity contribution is 6.33. The van der Waals surface area contributed by atoms with E-state index >= 15 is 0 Å². The summed E-state index contributed by atoms with van der Waals surface area (Å²) in [7, 11) is 0. The van der Waals surface area contributed by atoms with Crippen molar-refractivity contribution in [1.82, 2.24) is 10.3 Å². The number of hydrogen-bond acceptors (Lipinski definition) is 3. The third-order valence-corrected chi connectivity index (χ3v) is 3.39. The number of nitrogens with zero attached hydrogens (tertiary/aromatic N) is 1. The van der Waals surface area contributed by atoms with Gasteiger partial charge in [0.15, 0.2) is 0 Å². The van der Waals surface area contributed by atoms with E-state index in [2.05, 4.69) is 10.3 Å². The van der Waals surface area contributed by atoms with Gasteiger partial charge in [0.2, 0.25) is 0 Å². The van der Waals surface area contributed by atoms with Gasteiger partial charge in [0.1, 0.15) is 5.82 Å². The van der Waals surface area contributed by atoms with Crippen LogP contribution in [0, 0.1) is 0 Å². The molecule has 3 N–H and O–H groups in total. The van der Waals surface area contributed by atoms with E-state index in [4.69, 9.17) is 28.9 Å². The molecule has 6 heteroatoms. The van der Waals surface area contributed by atoms with Crippen molar-refractivity contribution >= 4 is 34.9 Å². The molecule has 0 radical (unpaired) electrons. The molecule has 1 aromatic carbocycles. The van der Waals surface area contributed by atoms with E-state index in [0.29, 0.717) is 10.6 Å². The summed E-state index contributed by atoms with van der Waals surface area (Å²) in [6.07, 6.45) is 1.36. The van der Waals surface area contributed by atoms with Crippen molar-refractivity contribution in [2.45, 2.75) is 13.0 Å². The van der Waals surface area contributed by atoms with Gasteiger partial charge in [0, 0.05) is 11.2 Å². The molecule has 1 aromatic heterocycles. The molecule has 0 aliphatic rings. The van der Waals surface area contributed by atoms with Crippen molar-refractivity contribution in [2.75, 3.05) is 5.73 Å². The van der Waals surface area contributed by atoms with E-state index in [1.807, 2.05) is 19.1 Å². The van der Waals surface area contributed by atoms with Crippen molar-refractivity contribution in [3.05, 3.63) is 57.7 Å². The first kappa shape index (κ1) is 14.6. The molecule has 1 amide bonds. The number of aromatic nitrogens is 1. The van der Waals surface area contributed by atoms with E-state index in [1.54, 1.807) is 12.1 Å². The molecule has 104 valence electrons. The highest BCUT2D eigenvalue weighted by Crippen LogP contribution is 2.20. The van der Waals surface area contributed by atoms with Crippen molar-refractivity contribution in [1.29, 1.82) is 0 Å². The zero-order valence-corrected chi connectivity index (χ0v) is 12.2. The Labute approximate surface area is 126 Å². The predicted molar refractivity (Wildman–Crippen MR) is 81.0 cm³/mol. The molecule has 1 unspecified atom stereocenters. The Kier molecular flexibility index (Phi) is 4.47. The molecule has 0 aliphatic heterocycles. The van der Waals surface area contributed by atoms with Gasteiger partial charge in [0.25, 0.3) is 5.91 Å². The lowest BCUT2D eigenvalue weighted by molar-refractivity contribution is 0.0940. The summed E-state index contributed by atoms with van der Waals surface area (Å²) < 4.78 is 0. The molecule has 0 saturated carbocycles. The van der Waals surface area contributed by atoms with Gasteiger partial charge < -0.3 is 11.1 Å². The first-order valence-corrected chi connectivity index (χ1v) is 6.70. The zero-order chi connectivity index (χ0) is 14.7. The fraction of sp³-hybridized carbons (Fsp3) is 0.143. The average molecular weight is 310 g/mol. The Morgan fingerprint density at radius 1 is 1.30 bits per heavy atom. The van der Waals surface area contributed by atoms with E-state index in [9.17, 15) is 4.79 Å². The monoisotopic (exact) mass is 309 g/mol. The number of carbonyl (C=O) groups is 1. The van der Waals surface area contributed by atoms with Crippen LogP contribution in [0.2, 0.25) is 10.0 Å². The Morgan fingerprint density at radius 2 is 1.95 bits per heavy atom. The van der Waals surface area contributed by atoms with Gasteiger partial charge in [-0.25, -0.2) is 4.98 Å². The first-order chi connectivity index (χ1) is 9.47. The Morgan fingerprint density at radius 3 is 2.60 bits per heavy atom. The van der Waals surface area contributed by atoms with Crippen molar-refractivity contribution < 1.29 is 4.79 Å². The lowest BCUT2D eigenvalue weighted by atomic mass is 10.1. The number of nitrogens with two attached hydrogens (primary N) is 1. The maximum Gasteiger partial charge on any atom is 0.253 e. The minimum absolute atomic E-state index is 0.176. The fourth-order valence-electron chi connectivity index (χ4n) is 1.74. The SMILES string of the molecule is CC(NC(=O)c1cc(N)ncc1Cl)c1ccc(Cl)cc1. The summed E-state index contributed by atoms with van der Waals surface area (Å²) in [5, 5.41) is 3.76. The fourth-order valence-corrected chi connectivity index (χ4v) is 2.05. The smallest absolute Gasteiger partial charge is 0.253 e. The van der Waals surface area contributed by atoms with Crippen LogP contribution < -0.4 is 11.1 Å². The minimum atomic E-state index is -0.299. The molecule has 0 spiro atoms. The number of benzene rings is 1. The van der Waals surface area contributed by atoms with E-state index in [0.717, 1.165) is 5.56 Å². The van der Waals surface area contributed by atoms with E-state index in [-0.39, 0.29) is 22.8 Å². The van der Waals surface area contributed by atoms with Gasteiger partial charge in [-0.05, 0) is 30.7 Å².